The molecule has 0 heterocycles. The molecule has 4 heteroatoms. The van der Waals surface area contributed by atoms with E-state index >= 15 is 0 Å². The highest BCUT2D eigenvalue weighted by Gasteiger charge is 2.14. The van der Waals surface area contributed by atoms with Gasteiger partial charge in [-0.05, 0) is 31.2 Å². The summed E-state index contributed by atoms with van der Waals surface area (Å²) in [7, 11) is 1.73. The van der Waals surface area contributed by atoms with E-state index in [2.05, 4.69) is 5.32 Å². The molecule has 0 bridgehead atoms. The van der Waals surface area contributed by atoms with Crippen molar-refractivity contribution >= 4 is 11.6 Å². The molecule has 78 valence electrons. The fourth-order valence-electron chi connectivity index (χ4n) is 1.33. The van der Waals surface area contributed by atoms with Crippen LogP contribution in [0.2, 0.25) is 5.02 Å². The highest BCUT2D eigenvalue weighted by Crippen LogP contribution is 2.25. The van der Waals surface area contributed by atoms with Gasteiger partial charge in [0, 0.05) is 6.54 Å². The molecule has 0 radical (unpaired) electrons. The van der Waals surface area contributed by atoms with Crippen LogP contribution in [0.15, 0.2) is 12.1 Å². The van der Waals surface area contributed by atoms with E-state index in [0.717, 1.165) is 0 Å². The number of rotatable bonds is 3. The Hall–Kier alpha value is -0.640. The maximum absolute atomic E-state index is 13.3. The quantitative estimate of drug-likeness (QED) is 0.812. The lowest BCUT2D eigenvalue weighted by Gasteiger charge is -2.14. The average Bonchev–Trinajstić information content (AvgIpc) is 2.15. The number of hydrogen-bond acceptors (Lipinski definition) is 2. The minimum atomic E-state index is -0.702. The van der Waals surface area contributed by atoms with Crippen LogP contribution in [0.25, 0.3) is 0 Å². The summed E-state index contributed by atoms with van der Waals surface area (Å²) in [6.07, 6.45) is -0.702. The van der Waals surface area contributed by atoms with Gasteiger partial charge in [0.1, 0.15) is 5.82 Å². The van der Waals surface area contributed by atoms with Crippen molar-refractivity contribution in [2.24, 2.45) is 0 Å². The molecule has 0 amide bonds. The Balaban J connectivity index is 3.04. The molecule has 1 atom stereocenters. The molecule has 0 aromatic heterocycles. The van der Waals surface area contributed by atoms with E-state index in [-0.39, 0.29) is 5.02 Å². The zero-order valence-electron chi connectivity index (χ0n) is 8.14. The molecular weight excluding hydrogens is 205 g/mol. The van der Waals surface area contributed by atoms with Gasteiger partial charge in [-0.3, -0.25) is 0 Å². The van der Waals surface area contributed by atoms with E-state index in [1.165, 1.54) is 6.07 Å². The van der Waals surface area contributed by atoms with Crippen LogP contribution in [0.4, 0.5) is 4.39 Å². The molecule has 1 rings (SSSR count). The Labute approximate surface area is 87.7 Å². The summed E-state index contributed by atoms with van der Waals surface area (Å²) in [6.45, 7) is 2.00. The van der Waals surface area contributed by atoms with E-state index in [1.54, 1.807) is 20.0 Å². The van der Waals surface area contributed by atoms with Crippen LogP contribution < -0.4 is 5.32 Å². The number of aliphatic hydroxyl groups excluding tert-OH is 1. The molecule has 2 N–H and O–H groups in total. The molecule has 0 spiro atoms. The van der Waals surface area contributed by atoms with Gasteiger partial charge in [-0.2, -0.15) is 0 Å². The first-order valence-corrected chi connectivity index (χ1v) is 4.73. The summed E-state index contributed by atoms with van der Waals surface area (Å²) < 4.78 is 13.3. The second-order valence-corrected chi connectivity index (χ2v) is 3.56. The summed E-state index contributed by atoms with van der Waals surface area (Å²) in [5.41, 5.74) is 0.974. The van der Waals surface area contributed by atoms with Crippen LogP contribution in [-0.2, 0) is 0 Å². The highest BCUT2D eigenvalue weighted by molar-refractivity contribution is 6.30. The van der Waals surface area contributed by atoms with E-state index in [0.29, 0.717) is 17.7 Å². The lowest BCUT2D eigenvalue weighted by molar-refractivity contribution is 0.176. The van der Waals surface area contributed by atoms with Crippen molar-refractivity contribution < 1.29 is 9.50 Å². The Morgan fingerprint density at radius 1 is 1.57 bits per heavy atom. The van der Waals surface area contributed by atoms with Crippen molar-refractivity contribution in [3.05, 3.63) is 34.1 Å². The van der Waals surface area contributed by atoms with Crippen molar-refractivity contribution in [1.82, 2.24) is 5.32 Å². The van der Waals surface area contributed by atoms with Gasteiger partial charge in [-0.1, -0.05) is 17.7 Å². The van der Waals surface area contributed by atoms with Gasteiger partial charge < -0.3 is 10.4 Å². The fourth-order valence-corrected chi connectivity index (χ4v) is 1.54. The predicted molar refractivity (Wildman–Crippen MR) is 55.0 cm³/mol. The molecule has 0 saturated carbocycles. The van der Waals surface area contributed by atoms with Crippen molar-refractivity contribution in [2.75, 3.05) is 13.6 Å². The fraction of sp³-hybridized carbons (Fsp3) is 0.400. The number of halogens is 2. The Kier molecular flexibility index (Phi) is 3.86. The normalized spacial score (nSPS) is 12.9. The van der Waals surface area contributed by atoms with Crippen LogP contribution in [-0.4, -0.2) is 18.7 Å². The molecule has 14 heavy (non-hydrogen) atoms. The minimum Gasteiger partial charge on any atom is -0.387 e. The third-order valence-electron chi connectivity index (χ3n) is 2.14. The van der Waals surface area contributed by atoms with Gasteiger partial charge in [0.15, 0.2) is 0 Å². The van der Waals surface area contributed by atoms with Gasteiger partial charge in [0.05, 0.1) is 11.1 Å². The molecule has 1 aromatic carbocycles. The molecule has 1 aromatic rings. The van der Waals surface area contributed by atoms with E-state index < -0.39 is 11.9 Å². The second-order valence-electron chi connectivity index (χ2n) is 3.15. The molecular formula is C10H13ClFNO. The zero-order valence-corrected chi connectivity index (χ0v) is 8.90. The largest absolute Gasteiger partial charge is 0.387 e. The molecule has 2 nitrogen and oxygen atoms in total. The zero-order chi connectivity index (χ0) is 10.7. The van der Waals surface area contributed by atoms with Gasteiger partial charge in [-0.15, -0.1) is 0 Å². The van der Waals surface area contributed by atoms with Crippen molar-refractivity contribution in [1.29, 1.82) is 0 Å². The minimum absolute atomic E-state index is 0.0860. The Morgan fingerprint density at radius 2 is 2.21 bits per heavy atom. The molecule has 0 aliphatic rings. The maximum Gasteiger partial charge on any atom is 0.145 e. The van der Waals surface area contributed by atoms with Crippen molar-refractivity contribution in [3.63, 3.8) is 0 Å². The topological polar surface area (TPSA) is 32.3 Å². The van der Waals surface area contributed by atoms with Crippen LogP contribution >= 0.6 is 11.6 Å². The van der Waals surface area contributed by atoms with Gasteiger partial charge in [0.2, 0.25) is 0 Å². The van der Waals surface area contributed by atoms with E-state index in [4.69, 9.17) is 11.6 Å². The lowest BCUT2D eigenvalue weighted by Crippen LogP contribution is -2.17. The van der Waals surface area contributed by atoms with Crippen LogP contribution in [0.5, 0.6) is 0 Å². The van der Waals surface area contributed by atoms with Crippen molar-refractivity contribution in [2.45, 2.75) is 13.0 Å². The maximum atomic E-state index is 13.3. The standard InChI is InChI=1S/C10H13ClFNO/c1-6-7(9(14)5-13-2)3-4-8(11)10(6)12/h3-4,9,13-14H,5H2,1-2H3. The van der Waals surface area contributed by atoms with Gasteiger partial charge >= 0.3 is 0 Å². The molecule has 0 aliphatic heterocycles. The molecule has 0 fully saturated rings. The number of aliphatic hydroxyl groups is 1. The highest BCUT2D eigenvalue weighted by atomic mass is 35.5. The summed E-state index contributed by atoms with van der Waals surface area (Å²) in [5.74, 6) is -0.459. The van der Waals surface area contributed by atoms with E-state index in [1.807, 2.05) is 0 Å². The number of likely N-dealkylation sites (N-methyl/N-ethyl adjacent to an activating group) is 1. The van der Waals surface area contributed by atoms with Crippen LogP contribution in [0, 0.1) is 12.7 Å². The average molecular weight is 218 g/mol. The lowest BCUT2D eigenvalue weighted by atomic mass is 10.0. The first-order valence-electron chi connectivity index (χ1n) is 4.35. The number of nitrogens with one attached hydrogen (secondary N) is 1. The smallest absolute Gasteiger partial charge is 0.145 e. The number of benzene rings is 1. The first kappa shape index (κ1) is 11.4. The Bertz CT molecular complexity index is 330. The van der Waals surface area contributed by atoms with Gasteiger partial charge in [-0.25, -0.2) is 4.39 Å². The monoisotopic (exact) mass is 217 g/mol. The molecule has 1 unspecified atom stereocenters. The van der Waals surface area contributed by atoms with Crippen LogP contribution in [0.1, 0.15) is 17.2 Å². The SMILES string of the molecule is CNCC(O)c1ccc(Cl)c(F)c1C. The number of hydrogen-bond donors (Lipinski definition) is 2. The molecule has 0 saturated heterocycles. The Morgan fingerprint density at radius 3 is 2.79 bits per heavy atom. The second kappa shape index (κ2) is 4.73. The first-order chi connectivity index (χ1) is 6.57. The van der Waals surface area contributed by atoms with Crippen LogP contribution in [0.3, 0.4) is 0 Å². The van der Waals surface area contributed by atoms with E-state index in [9.17, 15) is 9.50 Å². The summed E-state index contributed by atoms with van der Waals surface area (Å²) in [6, 6.07) is 3.10. The van der Waals surface area contributed by atoms with Crippen molar-refractivity contribution in [3.8, 4) is 0 Å². The summed E-state index contributed by atoms with van der Waals surface area (Å²) >= 11 is 5.60. The third kappa shape index (κ3) is 2.23. The van der Waals surface area contributed by atoms with Gasteiger partial charge in [0.25, 0.3) is 0 Å². The third-order valence-corrected chi connectivity index (χ3v) is 2.43. The summed E-state index contributed by atoms with van der Waals surface area (Å²) in [4.78, 5) is 0. The summed E-state index contributed by atoms with van der Waals surface area (Å²) in [5, 5.41) is 12.6. The predicted octanol–water partition coefficient (Wildman–Crippen LogP) is 2.04. The molecule has 0 aliphatic carbocycles.